The quantitative estimate of drug-likeness (QED) is 0.402. The van der Waals surface area contributed by atoms with Crippen molar-refractivity contribution in [1.82, 2.24) is 0 Å². The minimum atomic E-state index is -3.73. The van der Waals surface area contributed by atoms with Gasteiger partial charge in [0.25, 0.3) is 10.0 Å². The molecule has 0 unspecified atom stereocenters. The average molecular weight is 481 g/mol. The summed E-state index contributed by atoms with van der Waals surface area (Å²) in [5, 5.41) is 4.34. The highest BCUT2D eigenvalue weighted by Gasteiger charge is 2.38. The van der Waals surface area contributed by atoms with Gasteiger partial charge in [-0.3, -0.25) is 4.72 Å². The second-order valence-corrected chi connectivity index (χ2v) is 10.5. The summed E-state index contributed by atoms with van der Waals surface area (Å²) in [5.41, 5.74) is 3.59. The van der Waals surface area contributed by atoms with Gasteiger partial charge in [-0.2, -0.15) is 0 Å². The molecule has 170 valence electrons. The molecule has 3 aromatic rings. The highest BCUT2D eigenvalue weighted by atomic mass is 35.5. The van der Waals surface area contributed by atoms with Crippen molar-refractivity contribution in [2.24, 2.45) is 5.92 Å². The molecule has 5 nitrogen and oxygen atoms in total. The van der Waals surface area contributed by atoms with Crippen molar-refractivity contribution >= 4 is 33.0 Å². The van der Waals surface area contributed by atoms with Crippen LogP contribution in [0.15, 0.2) is 83.8 Å². The van der Waals surface area contributed by atoms with Crippen molar-refractivity contribution < 1.29 is 13.2 Å². The normalized spacial score (nSPS) is 21.1. The second-order valence-electron chi connectivity index (χ2n) is 8.34. The Bertz CT molecular complexity index is 1310. The number of allylic oxidation sites excluding steroid dienone is 2. The third-order valence-corrected chi connectivity index (χ3v) is 7.88. The maximum absolute atomic E-state index is 13.1. The van der Waals surface area contributed by atoms with Crippen LogP contribution >= 0.6 is 11.6 Å². The van der Waals surface area contributed by atoms with Gasteiger partial charge < -0.3 is 10.1 Å². The van der Waals surface area contributed by atoms with Crippen LogP contribution in [0, 0.1) is 5.92 Å². The van der Waals surface area contributed by atoms with E-state index in [2.05, 4.69) is 28.3 Å². The van der Waals surface area contributed by atoms with Gasteiger partial charge >= 0.3 is 0 Å². The third kappa shape index (κ3) is 4.33. The molecule has 0 aromatic heterocycles. The van der Waals surface area contributed by atoms with Crippen molar-refractivity contribution in [3.8, 4) is 5.75 Å². The van der Waals surface area contributed by atoms with E-state index in [9.17, 15) is 8.42 Å². The van der Waals surface area contributed by atoms with E-state index in [1.807, 2.05) is 31.2 Å². The highest BCUT2D eigenvalue weighted by molar-refractivity contribution is 7.92. The maximum Gasteiger partial charge on any atom is 0.261 e. The molecule has 0 amide bonds. The number of fused-ring (bicyclic) bond motifs is 3. The molecule has 0 spiro atoms. The van der Waals surface area contributed by atoms with E-state index < -0.39 is 10.0 Å². The number of benzene rings is 3. The predicted molar refractivity (Wildman–Crippen MR) is 133 cm³/mol. The Morgan fingerprint density at radius 3 is 2.67 bits per heavy atom. The zero-order valence-corrected chi connectivity index (χ0v) is 19.7. The second kappa shape index (κ2) is 8.76. The van der Waals surface area contributed by atoms with E-state index in [0.717, 1.165) is 23.2 Å². The summed E-state index contributed by atoms with van der Waals surface area (Å²) >= 11 is 6.24. The van der Waals surface area contributed by atoms with Gasteiger partial charge in [0.1, 0.15) is 5.75 Å². The van der Waals surface area contributed by atoms with Gasteiger partial charge in [-0.1, -0.05) is 35.9 Å². The molecule has 0 bridgehead atoms. The minimum absolute atomic E-state index is 0.112. The molecule has 0 saturated carbocycles. The minimum Gasteiger partial charge on any atom is -0.494 e. The van der Waals surface area contributed by atoms with Gasteiger partial charge in [-0.05, 0) is 85.0 Å². The Kier molecular flexibility index (Phi) is 5.81. The molecule has 3 atom stereocenters. The van der Waals surface area contributed by atoms with E-state index in [0.29, 0.717) is 29.0 Å². The molecule has 2 aliphatic rings. The number of rotatable bonds is 6. The predicted octanol–water partition coefficient (Wildman–Crippen LogP) is 6.37. The van der Waals surface area contributed by atoms with E-state index >= 15 is 0 Å². The average Bonchev–Trinajstić information content (AvgIpc) is 3.30. The molecule has 33 heavy (non-hydrogen) atoms. The maximum atomic E-state index is 13.1. The first-order valence-corrected chi connectivity index (χ1v) is 12.9. The lowest BCUT2D eigenvalue weighted by molar-refractivity contribution is 0.340. The molecule has 7 heteroatoms. The number of sulfonamides is 1. The number of hydrogen-bond donors (Lipinski definition) is 2. The van der Waals surface area contributed by atoms with Gasteiger partial charge in [0, 0.05) is 22.3 Å². The summed E-state index contributed by atoms with van der Waals surface area (Å²) in [7, 11) is -3.73. The molecule has 1 heterocycles. The topological polar surface area (TPSA) is 67.4 Å². The fourth-order valence-corrected chi connectivity index (χ4v) is 6.06. The first kappa shape index (κ1) is 21.9. The zero-order chi connectivity index (χ0) is 23.0. The monoisotopic (exact) mass is 480 g/mol. The van der Waals surface area contributed by atoms with Crippen LogP contribution in [0.2, 0.25) is 5.02 Å². The third-order valence-electron chi connectivity index (χ3n) is 6.27. The highest BCUT2D eigenvalue weighted by Crippen LogP contribution is 2.50. The first-order valence-electron chi connectivity index (χ1n) is 11.0. The van der Waals surface area contributed by atoms with Crippen LogP contribution in [0.3, 0.4) is 0 Å². The number of ether oxygens (including phenoxy) is 1. The van der Waals surface area contributed by atoms with Crippen LogP contribution in [0.1, 0.15) is 36.4 Å². The Morgan fingerprint density at radius 1 is 1.09 bits per heavy atom. The lowest BCUT2D eigenvalue weighted by atomic mass is 9.77. The van der Waals surface area contributed by atoms with Gasteiger partial charge in [0.05, 0.1) is 17.5 Å². The zero-order valence-electron chi connectivity index (χ0n) is 18.2. The van der Waals surface area contributed by atoms with E-state index in [4.69, 9.17) is 16.3 Å². The molecule has 5 rings (SSSR count). The van der Waals surface area contributed by atoms with Crippen LogP contribution in [0.5, 0.6) is 5.75 Å². The summed E-state index contributed by atoms with van der Waals surface area (Å²) in [4.78, 5) is 0.247. The van der Waals surface area contributed by atoms with Crippen LogP contribution in [-0.2, 0) is 10.0 Å². The van der Waals surface area contributed by atoms with Crippen LogP contribution in [-0.4, -0.2) is 15.0 Å². The summed E-state index contributed by atoms with van der Waals surface area (Å²) < 4.78 is 34.3. The van der Waals surface area contributed by atoms with Crippen molar-refractivity contribution in [2.45, 2.75) is 30.2 Å². The summed E-state index contributed by atoms with van der Waals surface area (Å²) in [6.45, 7) is 2.46. The van der Waals surface area contributed by atoms with Crippen molar-refractivity contribution in [3.05, 3.63) is 95.0 Å². The van der Waals surface area contributed by atoms with Crippen LogP contribution in [0.25, 0.3) is 0 Å². The molecule has 0 fully saturated rings. The molecular weight excluding hydrogens is 456 g/mol. The van der Waals surface area contributed by atoms with Gasteiger partial charge in [-0.15, -0.1) is 0 Å². The first-order chi connectivity index (χ1) is 15.9. The summed E-state index contributed by atoms with van der Waals surface area (Å²) in [6.07, 6.45) is 5.30. The molecular formula is C26H25ClN2O3S. The van der Waals surface area contributed by atoms with Crippen LogP contribution in [0.4, 0.5) is 11.4 Å². The molecule has 1 aliphatic heterocycles. The van der Waals surface area contributed by atoms with Gasteiger partial charge in [-0.25, -0.2) is 8.42 Å². The Hall–Kier alpha value is -2.96. The molecule has 2 N–H and O–H groups in total. The number of nitrogens with one attached hydrogen (secondary N) is 2. The molecule has 0 saturated heterocycles. The van der Waals surface area contributed by atoms with Crippen molar-refractivity contribution in [2.75, 3.05) is 16.6 Å². The largest absolute Gasteiger partial charge is 0.494 e. The summed E-state index contributed by atoms with van der Waals surface area (Å²) in [6, 6.07) is 20.3. The SMILES string of the molecule is CCOc1ccc(NS(=O)(=O)c2ccc3c(c2)[C@H]2C=CC[C@H]2[C@@H](c2cccc(Cl)c2)N3)cc1. The van der Waals surface area contributed by atoms with E-state index in [-0.39, 0.29) is 16.9 Å². The van der Waals surface area contributed by atoms with Gasteiger partial charge in [0.15, 0.2) is 0 Å². The standard InChI is InChI=1S/C26H25ClN2O3S/c1-2-32-20-11-9-19(10-12-20)29-33(30,31)21-13-14-25-24(16-21)22-7-4-8-23(22)26(28-25)17-5-3-6-18(27)15-17/h3-7,9-16,22-23,26,28-29H,2,8H2,1H3/t22-,23+,26+/m0/s1. The fraction of sp³-hybridized carbons (Fsp3) is 0.231. The fourth-order valence-electron chi connectivity index (χ4n) is 4.77. The lowest BCUT2D eigenvalue weighted by Gasteiger charge is -2.37. The van der Waals surface area contributed by atoms with E-state index in [1.54, 1.807) is 36.4 Å². The molecule has 1 aliphatic carbocycles. The molecule has 0 radical (unpaired) electrons. The van der Waals surface area contributed by atoms with E-state index in [1.165, 1.54) is 0 Å². The van der Waals surface area contributed by atoms with Gasteiger partial charge in [0.2, 0.25) is 0 Å². The Labute approximate surface area is 199 Å². The van der Waals surface area contributed by atoms with Crippen LogP contribution < -0.4 is 14.8 Å². The number of hydrogen-bond acceptors (Lipinski definition) is 4. The Morgan fingerprint density at radius 2 is 1.91 bits per heavy atom. The van der Waals surface area contributed by atoms with Crippen molar-refractivity contribution in [1.29, 1.82) is 0 Å². The number of halogens is 1. The molecule has 3 aromatic carbocycles. The van der Waals surface area contributed by atoms with Crippen molar-refractivity contribution in [3.63, 3.8) is 0 Å². The summed E-state index contributed by atoms with van der Waals surface area (Å²) in [5.74, 6) is 1.15. The number of anilines is 2. The smallest absolute Gasteiger partial charge is 0.261 e. The lowest BCUT2D eigenvalue weighted by Crippen LogP contribution is -2.29. The Balaban J connectivity index is 1.44.